The summed E-state index contributed by atoms with van der Waals surface area (Å²) in [6, 6.07) is 0. The number of hydrogen-bond donors (Lipinski definition) is 1. The lowest BCUT2D eigenvalue weighted by molar-refractivity contribution is -0.706. The van der Waals surface area contributed by atoms with Crippen LogP contribution in [0.2, 0.25) is 0 Å². The third-order valence-corrected chi connectivity index (χ3v) is 3.08. The summed E-state index contributed by atoms with van der Waals surface area (Å²) in [6.45, 7) is 10.1. The Morgan fingerprint density at radius 1 is 0.875 bits per heavy atom. The first-order valence-corrected chi connectivity index (χ1v) is 6.90. The molecule has 1 rings (SSSR count). The summed E-state index contributed by atoms with van der Waals surface area (Å²) in [5, 5.41) is 0. The monoisotopic (exact) mass is 223 g/mol. The Kier molecular flexibility index (Phi) is 5.58. The van der Waals surface area contributed by atoms with E-state index < -0.39 is 0 Å². The van der Waals surface area contributed by atoms with Gasteiger partial charge >= 0.3 is 0 Å². The molecule has 92 valence electrons. The molecule has 0 atom stereocenters. The zero-order chi connectivity index (χ0) is 12.0. The van der Waals surface area contributed by atoms with Gasteiger partial charge in [-0.15, -0.1) is 0 Å². The summed E-state index contributed by atoms with van der Waals surface area (Å²) in [4.78, 5) is 3.65. The van der Waals surface area contributed by atoms with Crippen molar-refractivity contribution in [2.75, 3.05) is 0 Å². The summed E-state index contributed by atoms with van der Waals surface area (Å²) >= 11 is 0. The molecule has 0 radical (unpaired) electrons. The highest BCUT2D eigenvalue weighted by atomic mass is 15.1. The van der Waals surface area contributed by atoms with Gasteiger partial charge in [-0.2, -0.15) is 0 Å². The van der Waals surface area contributed by atoms with Crippen LogP contribution < -0.4 is 4.57 Å². The lowest BCUT2D eigenvalue weighted by Crippen LogP contribution is -2.39. The minimum absolute atomic E-state index is 1.10. The minimum Gasteiger partial charge on any atom is -0.245 e. The van der Waals surface area contributed by atoms with E-state index in [1.54, 1.807) is 5.69 Å². The summed E-state index contributed by atoms with van der Waals surface area (Å²) in [5.41, 5.74) is 3.03. The smallest absolute Gasteiger partial charge is 0.245 e. The quantitative estimate of drug-likeness (QED) is 0.685. The van der Waals surface area contributed by atoms with Crippen LogP contribution in [0.4, 0.5) is 0 Å². The molecule has 0 unspecified atom stereocenters. The Hall–Kier alpha value is -0.790. The average Bonchev–Trinajstić information content (AvgIpc) is 2.58. The molecule has 0 saturated carbocycles. The first-order chi connectivity index (χ1) is 7.78. The van der Waals surface area contributed by atoms with E-state index in [1.165, 1.54) is 50.0 Å². The fraction of sp³-hybridized carbons (Fsp3) is 0.786. The zero-order valence-electron chi connectivity index (χ0n) is 11.4. The fourth-order valence-corrected chi connectivity index (χ4v) is 2.44. The molecule has 0 aromatic carbocycles. The molecule has 1 heterocycles. The van der Waals surface area contributed by atoms with Gasteiger partial charge < -0.3 is 0 Å². The van der Waals surface area contributed by atoms with Gasteiger partial charge in [-0.1, -0.05) is 20.8 Å². The van der Waals surface area contributed by atoms with Crippen molar-refractivity contribution in [1.82, 2.24) is 4.98 Å². The van der Waals surface area contributed by atoms with Crippen molar-refractivity contribution in [2.24, 2.45) is 0 Å². The van der Waals surface area contributed by atoms with Gasteiger partial charge in [0.15, 0.2) is 0 Å². The van der Waals surface area contributed by atoms with Crippen LogP contribution in [0.25, 0.3) is 0 Å². The molecule has 0 amide bonds. The second kappa shape index (κ2) is 6.72. The maximum atomic E-state index is 3.65. The van der Waals surface area contributed by atoms with Crippen molar-refractivity contribution in [3.63, 3.8) is 0 Å². The normalized spacial score (nSPS) is 11.0. The molecule has 0 fully saturated rings. The number of aromatic amines is 1. The third-order valence-electron chi connectivity index (χ3n) is 3.08. The first-order valence-electron chi connectivity index (χ1n) is 6.90. The number of aryl methyl sites for hydroxylation is 2. The number of hydrogen-bond acceptors (Lipinski definition) is 0. The zero-order valence-corrected chi connectivity index (χ0v) is 11.4. The van der Waals surface area contributed by atoms with Crippen LogP contribution in [-0.2, 0) is 25.8 Å². The highest BCUT2D eigenvalue weighted by molar-refractivity contribution is 5.09. The number of rotatable bonds is 7. The van der Waals surface area contributed by atoms with Crippen molar-refractivity contribution < 1.29 is 4.57 Å². The lowest BCUT2D eigenvalue weighted by atomic mass is 10.1. The number of imidazole rings is 1. The molecule has 16 heavy (non-hydrogen) atoms. The summed E-state index contributed by atoms with van der Waals surface area (Å²) in [7, 11) is 0. The highest BCUT2D eigenvalue weighted by Crippen LogP contribution is 2.11. The lowest BCUT2D eigenvalue weighted by Gasteiger charge is -2.01. The molecule has 1 aromatic heterocycles. The second-order valence-corrected chi connectivity index (χ2v) is 4.49. The van der Waals surface area contributed by atoms with E-state index in [-0.39, 0.29) is 0 Å². The average molecular weight is 223 g/mol. The molecule has 0 aliphatic heterocycles. The van der Waals surface area contributed by atoms with Crippen molar-refractivity contribution in [1.29, 1.82) is 0 Å². The van der Waals surface area contributed by atoms with E-state index in [0.717, 1.165) is 6.54 Å². The van der Waals surface area contributed by atoms with E-state index >= 15 is 0 Å². The molecule has 0 saturated heterocycles. The minimum atomic E-state index is 1.10. The SMILES string of the molecule is CCCc1[nH]c(CCC)[n+](CC)c1CCC. The van der Waals surface area contributed by atoms with Gasteiger partial charge in [-0.3, -0.25) is 0 Å². The Balaban J connectivity index is 3.05. The van der Waals surface area contributed by atoms with Crippen molar-refractivity contribution in [2.45, 2.75) is 72.8 Å². The van der Waals surface area contributed by atoms with Gasteiger partial charge in [0, 0.05) is 19.3 Å². The fourth-order valence-electron chi connectivity index (χ4n) is 2.44. The van der Waals surface area contributed by atoms with Crippen LogP contribution in [-0.4, -0.2) is 4.98 Å². The van der Waals surface area contributed by atoms with Gasteiger partial charge in [0.05, 0.1) is 6.54 Å². The van der Waals surface area contributed by atoms with Crippen LogP contribution in [0.1, 0.15) is 64.2 Å². The predicted octanol–water partition coefficient (Wildman–Crippen LogP) is 3.18. The number of nitrogens with one attached hydrogen (secondary N) is 1. The van der Waals surface area contributed by atoms with Gasteiger partial charge in [-0.05, 0) is 26.2 Å². The number of H-pyrrole nitrogens is 1. The summed E-state index contributed by atoms with van der Waals surface area (Å²) in [6.07, 6.45) is 7.26. The molecule has 0 bridgehead atoms. The van der Waals surface area contributed by atoms with Crippen LogP contribution in [0.5, 0.6) is 0 Å². The molecule has 2 heteroatoms. The highest BCUT2D eigenvalue weighted by Gasteiger charge is 2.21. The second-order valence-electron chi connectivity index (χ2n) is 4.49. The van der Waals surface area contributed by atoms with E-state index in [4.69, 9.17) is 0 Å². The molecule has 0 aliphatic rings. The van der Waals surface area contributed by atoms with E-state index in [0.29, 0.717) is 0 Å². The Morgan fingerprint density at radius 2 is 1.50 bits per heavy atom. The first kappa shape index (κ1) is 13.3. The molecule has 0 spiro atoms. The predicted molar refractivity (Wildman–Crippen MR) is 68.6 cm³/mol. The Labute approximate surface area is 100 Å². The third kappa shape index (κ3) is 2.87. The number of nitrogens with zero attached hydrogens (tertiary/aromatic N) is 1. The van der Waals surface area contributed by atoms with E-state index in [1.807, 2.05) is 0 Å². The maximum Gasteiger partial charge on any atom is 0.254 e. The molecule has 0 aliphatic carbocycles. The van der Waals surface area contributed by atoms with E-state index in [9.17, 15) is 0 Å². The summed E-state index contributed by atoms with van der Waals surface area (Å²) < 4.78 is 2.50. The standard InChI is InChI=1S/C14H26N2/c1-5-9-12-13(10-6-2)16(8-4)14(15-12)11-7-3/h5-11H2,1-4H3/p+1. The van der Waals surface area contributed by atoms with Crippen LogP contribution in [0, 0.1) is 0 Å². The van der Waals surface area contributed by atoms with Crippen LogP contribution in [0.15, 0.2) is 0 Å². The molecule has 1 aromatic rings. The van der Waals surface area contributed by atoms with E-state index in [2.05, 4.69) is 37.2 Å². The Bertz CT molecular complexity index is 313. The van der Waals surface area contributed by atoms with Crippen molar-refractivity contribution in [3.8, 4) is 0 Å². The van der Waals surface area contributed by atoms with Crippen molar-refractivity contribution in [3.05, 3.63) is 17.2 Å². The van der Waals surface area contributed by atoms with Crippen LogP contribution >= 0.6 is 0 Å². The van der Waals surface area contributed by atoms with Crippen molar-refractivity contribution >= 4 is 0 Å². The Morgan fingerprint density at radius 3 is 2.00 bits per heavy atom. The van der Waals surface area contributed by atoms with Gasteiger partial charge in [0.2, 0.25) is 0 Å². The van der Waals surface area contributed by atoms with Gasteiger partial charge in [0.25, 0.3) is 5.82 Å². The maximum absolute atomic E-state index is 3.65. The molecular weight excluding hydrogens is 196 g/mol. The molecule has 2 nitrogen and oxygen atoms in total. The summed E-state index contributed by atoms with van der Waals surface area (Å²) in [5.74, 6) is 1.43. The number of aromatic nitrogens is 2. The molecular formula is C14H27N2+. The van der Waals surface area contributed by atoms with Crippen LogP contribution in [0.3, 0.4) is 0 Å². The largest absolute Gasteiger partial charge is 0.254 e. The van der Waals surface area contributed by atoms with Gasteiger partial charge in [-0.25, -0.2) is 9.55 Å². The topological polar surface area (TPSA) is 19.7 Å². The van der Waals surface area contributed by atoms with Gasteiger partial charge in [0.1, 0.15) is 11.4 Å². The molecule has 1 N–H and O–H groups in total.